The van der Waals surface area contributed by atoms with Crippen molar-refractivity contribution >= 4 is 16.5 Å². The molecule has 1 aliphatic carbocycles. The van der Waals surface area contributed by atoms with Crippen molar-refractivity contribution < 1.29 is 5.11 Å². The fraction of sp³-hybridized carbons (Fsp3) is 0.312. The van der Waals surface area contributed by atoms with E-state index in [-0.39, 0.29) is 12.1 Å². The van der Waals surface area contributed by atoms with Crippen LogP contribution in [0.4, 0.5) is 5.69 Å². The summed E-state index contributed by atoms with van der Waals surface area (Å²) < 4.78 is 0. The lowest BCUT2D eigenvalue weighted by Crippen LogP contribution is -2.48. The van der Waals surface area contributed by atoms with E-state index in [2.05, 4.69) is 11.4 Å². The fourth-order valence-electron chi connectivity index (χ4n) is 2.72. The first-order valence-electron chi connectivity index (χ1n) is 6.59. The highest BCUT2D eigenvalue weighted by molar-refractivity contribution is 5.97. The van der Waals surface area contributed by atoms with Crippen LogP contribution in [0.1, 0.15) is 24.8 Å². The zero-order valence-corrected chi connectivity index (χ0v) is 10.7. The topological polar surface area (TPSA) is 56.0 Å². The van der Waals surface area contributed by atoms with Crippen molar-refractivity contribution in [1.29, 1.82) is 5.26 Å². The summed E-state index contributed by atoms with van der Waals surface area (Å²) in [5, 5.41) is 24.2. The summed E-state index contributed by atoms with van der Waals surface area (Å²) >= 11 is 0. The first-order valence-corrected chi connectivity index (χ1v) is 6.59. The van der Waals surface area contributed by atoms with Gasteiger partial charge in [-0.05, 0) is 31.4 Å². The summed E-state index contributed by atoms with van der Waals surface area (Å²) in [4.78, 5) is 0. The van der Waals surface area contributed by atoms with E-state index in [1.807, 2.05) is 36.4 Å². The molecule has 0 atom stereocenters. The van der Waals surface area contributed by atoms with E-state index in [1.165, 1.54) is 0 Å². The minimum Gasteiger partial charge on any atom is -0.394 e. The van der Waals surface area contributed by atoms with Crippen molar-refractivity contribution in [1.82, 2.24) is 0 Å². The van der Waals surface area contributed by atoms with Crippen molar-refractivity contribution in [3.8, 4) is 6.07 Å². The Morgan fingerprint density at radius 1 is 1.16 bits per heavy atom. The van der Waals surface area contributed by atoms with E-state index in [0.29, 0.717) is 5.56 Å². The van der Waals surface area contributed by atoms with Crippen molar-refractivity contribution in [2.75, 3.05) is 11.9 Å². The highest BCUT2D eigenvalue weighted by Crippen LogP contribution is 2.37. The molecule has 3 nitrogen and oxygen atoms in total. The molecule has 0 unspecified atom stereocenters. The molecule has 0 heterocycles. The van der Waals surface area contributed by atoms with Gasteiger partial charge in [-0.15, -0.1) is 0 Å². The predicted octanol–water partition coefficient (Wildman–Crippen LogP) is 3.04. The van der Waals surface area contributed by atoms with Gasteiger partial charge in [-0.1, -0.05) is 24.3 Å². The second kappa shape index (κ2) is 4.56. The molecule has 0 aliphatic heterocycles. The monoisotopic (exact) mass is 252 g/mol. The third-order valence-electron chi connectivity index (χ3n) is 4.06. The molecular formula is C16H16N2O. The van der Waals surface area contributed by atoms with Gasteiger partial charge in [-0.3, -0.25) is 0 Å². The molecule has 2 N–H and O–H groups in total. The van der Waals surface area contributed by atoms with Crippen LogP contribution in [0.5, 0.6) is 0 Å². The maximum atomic E-state index is 9.56. The van der Waals surface area contributed by atoms with Crippen molar-refractivity contribution in [3.63, 3.8) is 0 Å². The molecule has 3 heteroatoms. The Kier molecular flexibility index (Phi) is 2.88. The number of aliphatic hydroxyl groups excluding tert-OH is 1. The molecule has 1 aliphatic rings. The van der Waals surface area contributed by atoms with Crippen LogP contribution in [-0.4, -0.2) is 17.3 Å². The highest BCUT2D eigenvalue weighted by Gasteiger charge is 2.36. The molecule has 1 fully saturated rings. The number of aliphatic hydroxyl groups is 1. The number of rotatable bonds is 3. The van der Waals surface area contributed by atoms with E-state index in [9.17, 15) is 5.11 Å². The molecule has 19 heavy (non-hydrogen) atoms. The fourth-order valence-corrected chi connectivity index (χ4v) is 2.72. The Bertz CT molecular complexity index is 648. The average Bonchev–Trinajstić information content (AvgIpc) is 2.43. The zero-order valence-electron chi connectivity index (χ0n) is 10.7. The third kappa shape index (κ3) is 1.94. The quantitative estimate of drug-likeness (QED) is 0.882. The number of nitriles is 1. The summed E-state index contributed by atoms with van der Waals surface area (Å²) in [6.07, 6.45) is 3.15. The number of hydrogen-bond donors (Lipinski definition) is 2. The number of fused-ring (bicyclic) bond motifs is 1. The molecule has 0 spiro atoms. The SMILES string of the molecule is N#Cc1ccc(NC2(CO)CCC2)c2ccccc12. The molecule has 0 radical (unpaired) electrons. The van der Waals surface area contributed by atoms with Crippen LogP contribution in [0.25, 0.3) is 10.8 Å². The summed E-state index contributed by atoms with van der Waals surface area (Å²) in [5.74, 6) is 0. The molecule has 0 aromatic heterocycles. The van der Waals surface area contributed by atoms with E-state index in [4.69, 9.17) is 5.26 Å². The number of anilines is 1. The van der Waals surface area contributed by atoms with Crippen LogP contribution in [0.2, 0.25) is 0 Å². The third-order valence-corrected chi connectivity index (χ3v) is 4.06. The summed E-state index contributed by atoms with van der Waals surface area (Å²) in [6, 6.07) is 13.9. The van der Waals surface area contributed by atoms with Gasteiger partial charge in [0.25, 0.3) is 0 Å². The van der Waals surface area contributed by atoms with Crippen molar-refractivity contribution in [3.05, 3.63) is 42.0 Å². The minimum absolute atomic E-state index is 0.154. The smallest absolute Gasteiger partial charge is 0.0998 e. The van der Waals surface area contributed by atoms with Crippen LogP contribution >= 0.6 is 0 Å². The molecule has 96 valence electrons. The van der Waals surface area contributed by atoms with Gasteiger partial charge < -0.3 is 10.4 Å². The molecule has 1 saturated carbocycles. The van der Waals surface area contributed by atoms with Crippen molar-refractivity contribution in [2.45, 2.75) is 24.8 Å². The Balaban J connectivity index is 2.08. The normalized spacial score (nSPS) is 16.6. The summed E-state index contributed by atoms with van der Waals surface area (Å²) in [5.41, 5.74) is 1.52. The van der Waals surface area contributed by atoms with E-state index in [0.717, 1.165) is 35.7 Å². The molecule has 2 aromatic rings. The van der Waals surface area contributed by atoms with Gasteiger partial charge in [-0.25, -0.2) is 0 Å². The second-order valence-electron chi connectivity index (χ2n) is 5.24. The Hall–Kier alpha value is -2.05. The first kappa shape index (κ1) is 12.0. The first-order chi connectivity index (χ1) is 9.28. The molecule has 0 amide bonds. The van der Waals surface area contributed by atoms with Crippen molar-refractivity contribution in [2.24, 2.45) is 0 Å². The van der Waals surface area contributed by atoms with Gasteiger partial charge in [0.05, 0.1) is 23.8 Å². The summed E-state index contributed by atoms with van der Waals surface area (Å²) in [7, 11) is 0. The summed E-state index contributed by atoms with van der Waals surface area (Å²) in [6.45, 7) is 0.154. The number of nitrogens with zero attached hydrogens (tertiary/aromatic N) is 1. The largest absolute Gasteiger partial charge is 0.394 e. The Morgan fingerprint density at radius 2 is 1.89 bits per heavy atom. The highest BCUT2D eigenvalue weighted by atomic mass is 16.3. The Morgan fingerprint density at radius 3 is 2.47 bits per heavy atom. The van der Waals surface area contributed by atoms with E-state index in [1.54, 1.807) is 0 Å². The van der Waals surface area contributed by atoms with Gasteiger partial charge in [0, 0.05) is 16.5 Å². The predicted molar refractivity (Wildman–Crippen MR) is 76.0 cm³/mol. The van der Waals surface area contributed by atoms with E-state index < -0.39 is 0 Å². The van der Waals surface area contributed by atoms with Crippen LogP contribution in [0.3, 0.4) is 0 Å². The van der Waals surface area contributed by atoms with Gasteiger partial charge >= 0.3 is 0 Å². The van der Waals surface area contributed by atoms with Gasteiger partial charge in [0.2, 0.25) is 0 Å². The lowest BCUT2D eigenvalue weighted by atomic mass is 9.77. The maximum absolute atomic E-state index is 9.56. The molecule has 3 rings (SSSR count). The number of hydrogen-bond acceptors (Lipinski definition) is 3. The molecule has 0 saturated heterocycles. The lowest BCUT2D eigenvalue weighted by Gasteiger charge is -2.42. The van der Waals surface area contributed by atoms with Crippen LogP contribution < -0.4 is 5.32 Å². The molecular weight excluding hydrogens is 236 g/mol. The lowest BCUT2D eigenvalue weighted by molar-refractivity contribution is 0.144. The maximum Gasteiger partial charge on any atom is 0.0998 e. The van der Waals surface area contributed by atoms with Gasteiger partial charge in [-0.2, -0.15) is 5.26 Å². The van der Waals surface area contributed by atoms with Crippen LogP contribution in [0.15, 0.2) is 36.4 Å². The van der Waals surface area contributed by atoms with Gasteiger partial charge in [0.15, 0.2) is 0 Å². The Labute approximate surface area is 112 Å². The minimum atomic E-state index is -0.170. The molecule has 2 aromatic carbocycles. The number of benzene rings is 2. The average molecular weight is 252 g/mol. The van der Waals surface area contributed by atoms with E-state index >= 15 is 0 Å². The standard InChI is InChI=1S/C16H16N2O/c17-10-12-6-7-15(14-5-2-1-4-13(12)14)18-16(11-19)8-3-9-16/h1-2,4-7,18-19H,3,8-9,11H2. The second-order valence-corrected chi connectivity index (χ2v) is 5.24. The van der Waals surface area contributed by atoms with Crippen LogP contribution in [-0.2, 0) is 0 Å². The zero-order chi connectivity index (χ0) is 13.3. The van der Waals surface area contributed by atoms with Gasteiger partial charge in [0.1, 0.15) is 0 Å². The molecule has 0 bridgehead atoms. The number of nitrogens with one attached hydrogen (secondary N) is 1. The van der Waals surface area contributed by atoms with Crippen LogP contribution in [0, 0.1) is 11.3 Å².